The zero-order chi connectivity index (χ0) is 27.6. The summed E-state index contributed by atoms with van der Waals surface area (Å²) in [6.45, 7) is 4.66. The van der Waals surface area contributed by atoms with Gasteiger partial charge in [0, 0.05) is 22.1 Å². The fourth-order valence-electron chi connectivity index (χ4n) is 7.34. The average Bonchev–Trinajstić information content (AvgIpc) is 3.26. The van der Waals surface area contributed by atoms with Gasteiger partial charge in [0.05, 0.1) is 5.41 Å². The topological polar surface area (TPSA) is 9.23 Å². The van der Waals surface area contributed by atoms with Gasteiger partial charge < -0.3 is 4.74 Å². The molecule has 1 aliphatic carbocycles. The highest BCUT2D eigenvalue weighted by molar-refractivity contribution is 5.87. The summed E-state index contributed by atoms with van der Waals surface area (Å²) < 4.78 is 6.89. The third-order valence-corrected chi connectivity index (χ3v) is 9.23. The van der Waals surface area contributed by atoms with Crippen LogP contribution in [-0.4, -0.2) is 0 Å². The number of para-hydroxylation sites is 2. The van der Waals surface area contributed by atoms with Crippen LogP contribution in [-0.2, 0) is 10.8 Å². The molecular formula is C40H30O. The van der Waals surface area contributed by atoms with Gasteiger partial charge in [0.25, 0.3) is 0 Å². The highest BCUT2D eigenvalue weighted by atomic mass is 16.5. The Hall–Kier alpha value is -4.88. The molecule has 0 radical (unpaired) electrons. The molecule has 8 rings (SSSR count). The molecule has 1 nitrogen and oxygen atoms in total. The summed E-state index contributed by atoms with van der Waals surface area (Å²) in [7, 11) is 0. The van der Waals surface area contributed by atoms with Crippen LogP contribution in [0.2, 0.25) is 0 Å². The molecule has 1 heteroatoms. The van der Waals surface area contributed by atoms with Crippen molar-refractivity contribution >= 4 is 0 Å². The summed E-state index contributed by atoms with van der Waals surface area (Å²) in [5, 5.41) is 0. The Labute approximate surface area is 241 Å². The third-order valence-electron chi connectivity index (χ3n) is 9.23. The van der Waals surface area contributed by atoms with Gasteiger partial charge in [-0.1, -0.05) is 147 Å². The smallest absolute Gasteiger partial charge is 0.140 e. The van der Waals surface area contributed by atoms with Crippen molar-refractivity contribution in [1.29, 1.82) is 0 Å². The van der Waals surface area contributed by atoms with Gasteiger partial charge in [-0.05, 0) is 51.1 Å². The molecule has 0 saturated carbocycles. The van der Waals surface area contributed by atoms with E-state index in [0.717, 1.165) is 28.2 Å². The Morgan fingerprint density at radius 1 is 0.439 bits per heavy atom. The van der Waals surface area contributed by atoms with Crippen molar-refractivity contribution in [2.75, 3.05) is 0 Å². The van der Waals surface area contributed by atoms with Crippen molar-refractivity contribution in [2.45, 2.75) is 24.7 Å². The Kier molecular flexibility index (Phi) is 5.15. The molecule has 0 saturated heterocycles. The standard InChI is InChI=1S/C40H30O/c1-39(2)33-20-10-9-18-31(33)32-26-27(24-25-34(32)39)30-19-13-22-36-38(30)41-37-23-12-11-21-35(37)40(36,28-14-5-3-6-15-28)29-16-7-4-8-17-29/h3-26H,1-2H3. The summed E-state index contributed by atoms with van der Waals surface area (Å²) >= 11 is 0. The first-order valence-corrected chi connectivity index (χ1v) is 14.4. The predicted molar refractivity (Wildman–Crippen MR) is 168 cm³/mol. The van der Waals surface area contributed by atoms with Gasteiger partial charge in [0.2, 0.25) is 0 Å². The number of ether oxygens (including phenoxy) is 1. The lowest BCUT2D eigenvalue weighted by Gasteiger charge is -2.42. The van der Waals surface area contributed by atoms with Crippen molar-refractivity contribution in [3.05, 3.63) is 179 Å². The molecule has 0 amide bonds. The van der Waals surface area contributed by atoms with Gasteiger partial charge in [-0.25, -0.2) is 0 Å². The third kappa shape index (κ3) is 3.30. The van der Waals surface area contributed by atoms with Gasteiger partial charge >= 0.3 is 0 Å². The lowest BCUT2D eigenvalue weighted by molar-refractivity contribution is 0.436. The summed E-state index contributed by atoms with van der Waals surface area (Å²) in [6.07, 6.45) is 0. The predicted octanol–water partition coefficient (Wildman–Crippen LogP) is 10.1. The molecule has 6 aromatic rings. The minimum absolute atomic E-state index is 0.0220. The second-order valence-electron chi connectivity index (χ2n) is 11.7. The maximum Gasteiger partial charge on any atom is 0.140 e. The SMILES string of the molecule is CC1(C)c2ccccc2-c2cc(-c3cccc4c3Oc3ccccc3C4(c3ccccc3)c3ccccc3)ccc21. The second-order valence-corrected chi connectivity index (χ2v) is 11.7. The van der Waals surface area contributed by atoms with Crippen molar-refractivity contribution in [2.24, 2.45) is 0 Å². The van der Waals surface area contributed by atoms with E-state index in [9.17, 15) is 0 Å². The van der Waals surface area contributed by atoms with Gasteiger partial charge in [-0.2, -0.15) is 0 Å². The van der Waals surface area contributed by atoms with Crippen LogP contribution in [0.4, 0.5) is 0 Å². The average molecular weight is 527 g/mol. The molecule has 41 heavy (non-hydrogen) atoms. The zero-order valence-corrected chi connectivity index (χ0v) is 23.3. The summed E-state index contributed by atoms with van der Waals surface area (Å²) in [6, 6.07) is 52.7. The Morgan fingerprint density at radius 2 is 1.00 bits per heavy atom. The monoisotopic (exact) mass is 526 g/mol. The molecule has 1 aliphatic heterocycles. The summed E-state index contributed by atoms with van der Waals surface area (Å²) in [5.41, 5.74) is 11.9. The molecule has 0 aromatic heterocycles. The van der Waals surface area contributed by atoms with Gasteiger partial charge in [0.1, 0.15) is 11.5 Å². The van der Waals surface area contributed by atoms with Crippen LogP contribution >= 0.6 is 0 Å². The van der Waals surface area contributed by atoms with Crippen molar-refractivity contribution < 1.29 is 4.74 Å². The fraction of sp³-hybridized carbons (Fsp3) is 0.100. The van der Waals surface area contributed by atoms with Crippen LogP contribution in [0.25, 0.3) is 22.3 Å². The second kappa shape index (κ2) is 8.81. The van der Waals surface area contributed by atoms with E-state index in [2.05, 4.69) is 159 Å². The van der Waals surface area contributed by atoms with E-state index in [0.29, 0.717) is 0 Å². The minimum atomic E-state index is -0.520. The van der Waals surface area contributed by atoms with E-state index in [1.807, 2.05) is 0 Å². The van der Waals surface area contributed by atoms with Crippen LogP contribution in [0, 0.1) is 0 Å². The van der Waals surface area contributed by atoms with E-state index in [1.165, 1.54) is 38.9 Å². The first-order chi connectivity index (χ1) is 20.1. The normalized spacial score (nSPS) is 15.2. The first kappa shape index (κ1) is 24.0. The quantitative estimate of drug-likeness (QED) is 0.223. The summed E-state index contributed by atoms with van der Waals surface area (Å²) in [4.78, 5) is 0. The molecule has 1 heterocycles. The lowest BCUT2D eigenvalue weighted by Crippen LogP contribution is -2.34. The van der Waals surface area contributed by atoms with Crippen molar-refractivity contribution in [1.82, 2.24) is 0 Å². The van der Waals surface area contributed by atoms with Crippen LogP contribution in [0.5, 0.6) is 11.5 Å². The highest BCUT2D eigenvalue weighted by Gasteiger charge is 2.46. The molecule has 0 N–H and O–H groups in total. The molecule has 2 aliphatic rings. The number of fused-ring (bicyclic) bond motifs is 5. The van der Waals surface area contributed by atoms with Gasteiger partial charge in [-0.15, -0.1) is 0 Å². The number of rotatable bonds is 3. The Morgan fingerprint density at radius 3 is 1.73 bits per heavy atom. The molecule has 0 bridgehead atoms. The molecule has 6 aromatic carbocycles. The molecule has 196 valence electrons. The van der Waals surface area contributed by atoms with Crippen molar-refractivity contribution in [3.63, 3.8) is 0 Å². The maximum atomic E-state index is 6.89. The van der Waals surface area contributed by atoms with Crippen LogP contribution in [0.15, 0.2) is 146 Å². The first-order valence-electron chi connectivity index (χ1n) is 14.4. The number of benzene rings is 6. The van der Waals surface area contributed by atoms with Gasteiger partial charge in [-0.3, -0.25) is 0 Å². The van der Waals surface area contributed by atoms with E-state index >= 15 is 0 Å². The van der Waals surface area contributed by atoms with Gasteiger partial charge in [0.15, 0.2) is 0 Å². The van der Waals surface area contributed by atoms with E-state index in [1.54, 1.807) is 0 Å². The molecule has 0 unspecified atom stereocenters. The summed E-state index contributed by atoms with van der Waals surface area (Å²) in [5.74, 6) is 1.82. The van der Waals surface area contributed by atoms with Crippen LogP contribution < -0.4 is 4.74 Å². The van der Waals surface area contributed by atoms with E-state index in [4.69, 9.17) is 4.74 Å². The highest BCUT2D eigenvalue weighted by Crippen LogP contribution is 2.58. The van der Waals surface area contributed by atoms with E-state index in [-0.39, 0.29) is 5.41 Å². The Balaban J connectivity index is 1.43. The Bertz CT molecular complexity index is 1890. The number of hydrogen-bond acceptors (Lipinski definition) is 1. The molecule has 0 atom stereocenters. The van der Waals surface area contributed by atoms with Crippen molar-refractivity contribution in [3.8, 4) is 33.8 Å². The lowest BCUT2D eigenvalue weighted by atomic mass is 9.63. The minimum Gasteiger partial charge on any atom is -0.456 e. The van der Waals surface area contributed by atoms with Crippen LogP contribution in [0.3, 0.4) is 0 Å². The molecular weight excluding hydrogens is 496 g/mol. The van der Waals surface area contributed by atoms with E-state index < -0.39 is 5.41 Å². The largest absolute Gasteiger partial charge is 0.456 e. The molecule has 0 spiro atoms. The molecule has 0 fully saturated rings. The maximum absolute atomic E-state index is 6.89. The fourth-order valence-corrected chi connectivity index (χ4v) is 7.34. The number of hydrogen-bond donors (Lipinski definition) is 0. The van der Waals surface area contributed by atoms with Crippen LogP contribution in [0.1, 0.15) is 47.2 Å². The zero-order valence-electron chi connectivity index (χ0n) is 23.3.